The maximum atomic E-state index is 6.70. The van der Waals surface area contributed by atoms with E-state index in [0.717, 1.165) is 44.9 Å². The fraction of sp³-hybridized carbons (Fsp3) is 0.0588. The van der Waals surface area contributed by atoms with Crippen LogP contribution in [0.25, 0.3) is 77.9 Å². The SMILES string of the molecule is CC1(C)Oc2cc(-c3cc(-c4ccccc4)cc(-c4ccccc4)c3)ccc2-c2cc(-c3cc(-c4ccccc4)cc(-c4ccccc4)c3)ccc2O1. The largest absolute Gasteiger partial charge is 0.452 e. The molecular formula is C51H38O2. The zero-order valence-electron chi connectivity index (χ0n) is 29.8. The third-order valence-corrected chi connectivity index (χ3v) is 9.92. The maximum absolute atomic E-state index is 6.70. The van der Waals surface area contributed by atoms with Crippen LogP contribution < -0.4 is 9.47 Å². The molecule has 0 atom stereocenters. The smallest absolute Gasteiger partial charge is 0.245 e. The van der Waals surface area contributed by atoms with Crippen LogP contribution in [0, 0.1) is 0 Å². The number of fused-ring (bicyclic) bond motifs is 3. The van der Waals surface area contributed by atoms with Crippen LogP contribution in [0.1, 0.15) is 13.8 Å². The minimum Gasteiger partial charge on any atom is -0.452 e. The molecule has 0 fully saturated rings. The van der Waals surface area contributed by atoms with Gasteiger partial charge in [-0.1, -0.05) is 133 Å². The van der Waals surface area contributed by atoms with Gasteiger partial charge in [0.2, 0.25) is 5.79 Å². The molecule has 0 N–H and O–H groups in total. The first kappa shape index (κ1) is 32.3. The Bertz CT molecular complexity index is 2440. The standard InChI is InChI=1S/C51H38O2/c1-51(2)52-49-26-24-39(45-29-41(35-15-7-3-8-16-35)27-42(30-45)36-17-9-4-10-18-36)33-48(49)47-25-23-40(34-50(47)53-51)46-31-43(37-19-11-5-12-20-37)28-44(32-46)38-21-13-6-14-22-38/h3-34H,1-2H3. The van der Waals surface area contributed by atoms with Crippen LogP contribution >= 0.6 is 0 Å². The van der Waals surface area contributed by atoms with Gasteiger partial charge in [-0.15, -0.1) is 0 Å². The molecule has 0 unspecified atom stereocenters. The predicted octanol–water partition coefficient (Wildman–Crippen LogP) is 13.9. The Labute approximate surface area is 311 Å². The Morgan fingerprint density at radius 2 is 0.604 bits per heavy atom. The van der Waals surface area contributed by atoms with Crippen molar-refractivity contribution < 1.29 is 9.47 Å². The summed E-state index contributed by atoms with van der Waals surface area (Å²) in [6.45, 7) is 3.96. The van der Waals surface area contributed by atoms with Gasteiger partial charge in [0.25, 0.3) is 0 Å². The van der Waals surface area contributed by atoms with Crippen molar-refractivity contribution in [1.29, 1.82) is 0 Å². The lowest BCUT2D eigenvalue weighted by Crippen LogP contribution is -2.34. The molecule has 254 valence electrons. The van der Waals surface area contributed by atoms with Crippen molar-refractivity contribution in [3.63, 3.8) is 0 Å². The summed E-state index contributed by atoms with van der Waals surface area (Å²) in [5.41, 5.74) is 15.9. The molecule has 0 aliphatic carbocycles. The Morgan fingerprint density at radius 3 is 1.02 bits per heavy atom. The van der Waals surface area contributed by atoms with Gasteiger partial charge in [0.1, 0.15) is 11.5 Å². The van der Waals surface area contributed by atoms with Gasteiger partial charge in [-0.25, -0.2) is 0 Å². The van der Waals surface area contributed by atoms with Crippen molar-refractivity contribution in [2.45, 2.75) is 19.6 Å². The van der Waals surface area contributed by atoms with E-state index in [1.54, 1.807) is 0 Å². The number of rotatable bonds is 6. The highest BCUT2D eigenvalue weighted by Crippen LogP contribution is 2.46. The second-order valence-electron chi connectivity index (χ2n) is 14.1. The van der Waals surface area contributed by atoms with Crippen molar-refractivity contribution in [3.8, 4) is 89.4 Å². The summed E-state index contributed by atoms with van der Waals surface area (Å²) in [6, 6.07) is 69.1. The van der Waals surface area contributed by atoms with Crippen molar-refractivity contribution in [3.05, 3.63) is 194 Å². The van der Waals surface area contributed by atoms with Crippen LogP contribution in [0.3, 0.4) is 0 Å². The molecule has 1 aliphatic rings. The molecule has 53 heavy (non-hydrogen) atoms. The molecule has 9 rings (SSSR count). The summed E-state index contributed by atoms with van der Waals surface area (Å²) in [5.74, 6) is 0.706. The number of benzene rings is 8. The highest BCUT2D eigenvalue weighted by molar-refractivity contribution is 5.88. The van der Waals surface area contributed by atoms with Crippen LogP contribution in [0.5, 0.6) is 11.5 Å². The van der Waals surface area contributed by atoms with E-state index >= 15 is 0 Å². The zero-order valence-corrected chi connectivity index (χ0v) is 29.8. The zero-order chi connectivity index (χ0) is 35.8. The van der Waals surface area contributed by atoms with Gasteiger partial charge < -0.3 is 9.47 Å². The second kappa shape index (κ2) is 13.5. The first-order chi connectivity index (χ1) is 26.0. The molecule has 0 saturated carbocycles. The third kappa shape index (κ3) is 6.64. The maximum Gasteiger partial charge on any atom is 0.245 e. The van der Waals surface area contributed by atoms with E-state index in [1.165, 1.54) is 44.5 Å². The summed E-state index contributed by atoms with van der Waals surface area (Å²) in [4.78, 5) is 0. The fourth-order valence-corrected chi connectivity index (χ4v) is 7.35. The molecule has 8 aromatic carbocycles. The summed E-state index contributed by atoms with van der Waals surface area (Å²) >= 11 is 0. The van der Waals surface area contributed by atoms with Gasteiger partial charge in [0.15, 0.2) is 0 Å². The first-order valence-electron chi connectivity index (χ1n) is 18.1. The summed E-state index contributed by atoms with van der Waals surface area (Å²) < 4.78 is 13.3. The van der Waals surface area contributed by atoms with Gasteiger partial charge in [-0.05, 0) is 127 Å². The fourth-order valence-electron chi connectivity index (χ4n) is 7.35. The van der Waals surface area contributed by atoms with Crippen LogP contribution in [0.2, 0.25) is 0 Å². The van der Waals surface area contributed by atoms with Gasteiger partial charge >= 0.3 is 0 Å². The molecule has 0 radical (unpaired) electrons. The van der Waals surface area contributed by atoms with Gasteiger partial charge in [-0.2, -0.15) is 0 Å². The predicted molar refractivity (Wildman–Crippen MR) is 220 cm³/mol. The molecule has 0 bridgehead atoms. The minimum atomic E-state index is -0.880. The average molecular weight is 683 g/mol. The molecule has 0 amide bonds. The number of ether oxygens (including phenoxy) is 2. The summed E-state index contributed by atoms with van der Waals surface area (Å²) in [5, 5.41) is 0. The lowest BCUT2D eigenvalue weighted by Gasteiger charge is -2.26. The van der Waals surface area contributed by atoms with Gasteiger partial charge in [0.05, 0.1) is 0 Å². The van der Waals surface area contributed by atoms with Crippen LogP contribution in [-0.4, -0.2) is 5.79 Å². The Morgan fingerprint density at radius 1 is 0.264 bits per heavy atom. The molecule has 2 heteroatoms. The Hall–Kier alpha value is -6.64. The van der Waals surface area contributed by atoms with E-state index in [4.69, 9.17) is 9.47 Å². The Balaban J connectivity index is 1.17. The number of hydrogen-bond donors (Lipinski definition) is 0. The second-order valence-corrected chi connectivity index (χ2v) is 14.1. The summed E-state index contributed by atoms with van der Waals surface area (Å²) in [6.07, 6.45) is 0. The molecule has 0 spiro atoms. The minimum absolute atomic E-state index is 0.790. The summed E-state index contributed by atoms with van der Waals surface area (Å²) in [7, 11) is 0. The van der Waals surface area contributed by atoms with Crippen molar-refractivity contribution in [2.24, 2.45) is 0 Å². The first-order valence-corrected chi connectivity index (χ1v) is 18.1. The van der Waals surface area contributed by atoms with Crippen LogP contribution in [-0.2, 0) is 0 Å². The molecule has 1 heterocycles. The van der Waals surface area contributed by atoms with Crippen LogP contribution in [0.4, 0.5) is 0 Å². The lowest BCUT2D eigenvalue weighted by atomic mass is 9.90. The van der Waals surface area contributed by atoms with E-state index in [0.29, 0.717) is 0 Å². The third-order valence-electron chi connectivity index (χ3n) is 9.92. The monoisotopic (exact) mass is 682 g/mol. The highest BCUT2D eigenvalue weighted by Gasteiger charge is 2.30. The van der Waals surface area contributed by atoms with Crippen molar-refractivity contribution in [1.82, 2.24) is 0 Å². The molecular weight excluding hydrogens is 645 g/mol. The quantitative estimate of drug-likeness (QED) is 0.174. The molecule has 0 saturated heterocycles. The van der Waals surface area contributed by atoms with E-state index in [-0.39, 0.29) is 0 Å². The van der Waals surface area contributed by atoms with E-state index < -0.39 is 5.79 Å². The number of hydrogen-bond acceptors (Lipinski definition) is 2. The topological polar surface area (TPSA) is 18.5 Å². The van der Waals surface area contributed by atoms with Gasteiger partial charge in [0, 0.05) is 25.0 Å². The highest BCUT2D eigenvalue weighted by atomic mass is 16.7. The molecule has 8 aromatic rings. The molecule has 1 aliphatic heterocycles. The normalized spacial score (nSPS) is 12.8. The van der Waals surface area contributed by atoms with E-state index in [2.05, 4.69) is 194 Å². The van der Waals surface area contributed by atoms with E-state index in [1.807, 2.05) is 13.8 Å². The van der Waals surface area contributed by atoms with Crippen molar-refractivity contribution >= 4 is 0 Å². The Kier molecular flexibility index (Phi) is 8.21. The average Bonchev–Trinajstić information content (AvgIpc) is 3.33. The lowest BCUT2D eigenvalue weighted by molar-refractivity contribution is -0.0778. The van der Waals surface area contributed by atoms with Crippen LogP contribution in [0.15, 0.2) is 194 Å². The van der Waals surface area contributed by atoms with E-state index in [9.17, 15) is 0 Å². The molecule has 2 nitrogen and oxygen atoms in total. The van der Waals surface area contributed by atoms with Gasteiger partial charge in [-0.3, -0.25) is 0 Å². The molecule has 0 aromatic heterocycles. The van der Waals surface area contributed by atoms with Crippen molar-refractivity contribution in [2.75, 3.05) is 0 Å².